The summed E-state index contributed by atoms with van der Waals surface area (Å²) >= 11 is 0. The molecule has 0 bridgehead atoms. The second-order valence-electron chi connectivity index (χ2n) is 4.83. The average molecular weight is 241 g/mol. The molecule has 92 valence electrons. The normalized spacial score (nSPS) is 18.0. The van der Waals surface area contributed by atoms with E-state index in [4.69, 9.17) is 0 Å². The SMILES string of the molecule is Cc1cccc2c1NCCC2c1ccccc1F. The van der Waals surface area contributed by atoms with Crippen molar-refractivity contribution >= 4 is 5.69 Å². The molecule has 2 aromatic rings. The van der Waals surface area contributed by atoms with Gasteiger partial charge in [-0.1, -0.05) is 36.4 Å². The molecule has 1 atom stereocenters. The third-order valence-electron chi connectivity index (χ3n) is 3.70. The molecule has 2 heteroatoms. The van der Waals surface area contributed by atoms with Crippen molar-refractivity contribution in [3.8, 4) is 0 Å². The molecule has 1 aliphatic rings. The van der Waals surface area contributed by atoms with Gasteiger partial charge in [0.2, 0.25) is 0 Å². The van der Waals surface area contributed by atoms with Crippen LogP contribution in [0.15, 0.2) is 42.5 Å². The molecular weight excluding hydrogens is 225 g/mol. The Kier molecular flexibility index (Phi) is 2.78. The number of anilines is 1. The number of aryl methyl sites for hydroxylation is 1. The van der Waals surface area contributed by atoms with Gasteiger partial charge in [0.25, 0.3) is 0 Å². The van der Waals surface area contributed by atoms with E-state index in [1.165, 1.54) is 16.8 Å². The summed E-state index contributed by atoms with van der Waals surface area (Å²) < 4.78 is 13.9. The van der Waals surface area contributed by atoms with Gasteiger partial charge in [-0.05, 0) is 36.1 Å². The predicted molar refractivity (Wildman–Crippen MR) is 72.5 cm³/mol. The van der Waals surface area contributed by atoms with E-state index in [0.717, 1.165) is 18.5 Å². The van der Waals surface area contributed by atoms with E-state index in [-0.39, 0.29) is 11.7 Å². The number of fused-ring (bicyclic) bond motifs is 1. The quantitative estimate of drug-likeness (QED) is 0.793. The fraction of sp³-hybridized carbons (Fsp3) is 0.250. The molecule has 0 aliphatic carbocycles. The fourth-order valence-corrected chi connectivity index (χ4v) is 2.80. The highest BCUT2D eigenvalue weighted by Crippen LogP contribution is 2.38. The molecule has 2 aromatic carbocycles. The van der Waals surface area contributed by atoms with Crippen molar-refractivity contribution in [2.75, 3.05) is 11.9 Å². The number of rotatable bonds is 1. The number of benzene rings is 2. The van der Waals surface area contributed by atoms with E-state index in [0.29, 0.717) is 0 Å². The lowest BCUT2D eigenvalue weighted by molar-refractivity contribution is 0.585. The van der Waals surface area contributed by atoms with Crippen LogP contribution in [0.5, 0.6) is 0 Å². The maximum atomic E-state index is 13.9. The summed E-state index contributed by atoms with van der Waals surface area (Å²) in [6.07, 6.45) is 0.942. The van der Waals surface area contributed by atoms with E-state index in [9.17, 15) is 4.39 Å². The zero-order valence-electron chi connectivity index (χ0n) is 10.4. The Bertz CT molecular complexity index is 577. The van der Waals surface area contributed by atoms with Crippen LogP contribution in [0.2, 0.25) is 0 Å². The summed E-state index contributed by atoms with van der Waals surface area (Å²) in [5.41, 5.74) is 4.43. The number of halogens is 1. The van der Waals surface area contributed by atoms with Gasteiger partial charge < -0.3 is 5.32 Å². The smallest absolute Gasteiger partial charge is 0.127 e. The fourth-order valence-electron chi connectivity index (χ4n) is 2.80. The van der Waals surface area contributed by atoms with Gasteiger partial charge in [0.1, 0.15) is 5.82 Å². The minimum absolute atomic E-state index is 0.100. The zero-order valence-corrected chi connectivity index (χ0v) is 10.4. The Morgan fingerprint density at radius 3 is 2.67 bits per heavy atom. The topological polar surface area (TPSA) is 12.0 Å². The predicted octanol–water partition coefficient (Wildman–Crippen LogP) is 4.08. The number of nitrogens with one attached hydrogen (secondary N) is 1. The Hall–Kier alpha value is -1.83. The molecule has 0 spiro atoms. The van der Waals surface area contributed by atoms with Crippen molar-refractivity contribution in [3.05, 3.63) is 65.0 Å². The molecule has 18 heavy (non-hydrogen) atoms. The molecule has 0 radical (unpaired) electrons. The van der Waals surface area contributed by atoms with Crippen LogP contribution in [0.4, 0.5) is 10.1 Å². The lowest BCUT2D eigenvalue weighted by atomic mass is 9.84. The van der Waals surface area contributed by atoms with Crippen LogP contribution in [0.3, 0.4) is 0 Å². The van der Waals surface area contributed by atoms with Crippen LogP contribution >= 0.6 is 0 Å². The lowest BCUT2D eigenvalue weighted by Gasteiger charge is -2.28. The molecule has 3 rings (SSSR count). The van der Waals surface area contributed by atoms with E-state index in [2.05, 4.69) is 30.4 Å². The largest absolute Gasteiger partial charge is 0.385 e. The molecule has 0 saturated heterocycles. The maximum absolute atomic E-state index is 13.9. The molecule has 1 heterocycles. The third kappa shape index (κ3) is 1.78. The van der Waals surface area contributed by atoms with Crippen molar-refractivity contribution < 1.29 is 4.39 Å². The molecule has 0 fully saturated rings. The minimum atomic E-state index is -0.100. The Labute approximate surface area is 107 Å². The van der Waals surface area contributed by atoms with E-state index >= 15 is 0 Å². The number of hydrogen-bond acceptors (Lipinski definition) is 1. The van der Waals surface area contributed by atoms with E-state index in [1.54, 1.807) is 12.1 Å². The zero-order chi connectivity index (χ0) is 12.5. The molecule has 0 aromatic heterocycles. The van der Waals surface area contributed by atoms with E-state index < -0.39 is 0 Å². The molecule has 1 aliphatic heterocycles. The van der Waals surface area contributed by atoms with Crippen molar-refractivity contribution in [2.45, 2.75) is 19.3 Å². The standard InChI is InChI=1S/C16H16FN/c1-11-5-4-7-14-12(9-10-18-16(11)14)13-6-2-3-8-15(13)17/h2-8,12,18H,9-10H2,1H3. The number of para-hydroxylation sites is 1. The van der Waals surface area contributed by atoms with Crippen molar-refractivity contribution in [3.63, 3.8) is 0 Å². The Morgan fingerprint density at radius 1 is 1.06 bits per heavy atom. The molecule has 1 unspecified atom stereocenters. The molecule has 1 nitrogen and oxygen atoms in total. The molecular formula is C16H16FN. The van der Waals surface area contributed by atoms with Crippen molar-refractivity contribution in [1.29, 1.82) is 0 Å². The van der Waals surface area contributed by atoms with E-state index in [1.807, 2.05) is 12.1 Å². The maximum Gasteiger partial charge on any atom is 0.127 e. The summed E-state index contributed by atoms with van der Waals surface area (Å²) in [6, 6.07) is 13.4. The second kappa shape index (κ2) is 4.45. The Balaban J connectivity index is 2.12. The van der Waals surface area contributed by atoms with Crippen LogP contribution in [0.1, 0.15) is 29.0 Å². The summed E-state index contributed by atoms with van der Waals surface area (Å²) in [4.78, 5) is 0. The van der Waals surface area contributed by atoms with Crippen molar-refractivity contribution in [2.24, 2.45) is 0 Å². The summed E-state index contributed by atoms with van der Waals surface area (Å²) in [7, 11) is 0. The van der Waals surface area contributed by atoms with Crippen LogP contribution in [0.25, 0.3) is 0 Å². The first-order valence-corrected chi connectivity index (χ1v) is 6.35. The second-order valence-corrected chi connectivity index (χ2v) is 4.83. The van der Waals surface area contributed by atoms with Gasteiger partial charge in [0.05, 0.1) is 0 Å². The highest BCUT2D eigenvalue weighted by molar-refractivity contribution is 5.62. The summed E-state index contributed by atoms with van der Waals surface area (Å²) in [5.74, 6) is 0.0687. The van der Waals surface area contributed by atoms with Gasteiger partial charge in [-0.2, -0.15) is 0 Å². The highest BCUT2D eigenvalue weighted by Gasteiger charge is 2.24. The van der Waals surface area contributed by atoms with Crippen LogP contribution in [-0.4, -0.2) is 6.54 Å². The average Bonchev–Trinajstić information content (AvgIpc) is 2.40. The van der Waals surface area contributed by atoms with Gasteiger partial charge in [-0.15, -0.1) is 0 Å². The first-order valence-electron chi connectivity index (χ1n) is 6.35. The first kappa shape index (κ1) is 11.3. The van der Waals surface area contributed by atoms with Crippen LogP contribution in [-0.2, 0) is 0 Å². The first-order chi connectivity index (χ1) is 8.77. The Morgan fingerprint density at radius 2 is 1.83 bits per heavy atom. The van der Waals surface area contributed by atoms with Crippen molar-refractivity contribution in [1.82, 2.24) is 0 Å². The van der Waals surface area contributed by atoms with Crippen LogP contribution < -0.4 is 5.32 Å². The van der Waals surface area contributed by atoms with Gasteiger partial charge in [0.15, 0.2) is 0 Å². The van der Waals surface area contributed by atoms with Gasteiger partial charge >= 0.3 is 0 Å². The molecule has 0 saturated carbocycles. The summed E-state index contributed by atoms with van der Waals surface area (Å²) in [6.45, 7) is 2.99. The van der Waals surface area contributed by atoms with Gasteiger partial charge in [-0.3, -0.25) is 0 Å². The molecule has 0 amide bonds. The third-order valence-corrected chi connectivity index (χ3v) is 3.70. The summed E-state index contributed by atoms with van der Waals surface area (Å²) in [5, 5.41) is 3.43. The van der Waals surface area contributed by atoms with Gasteiger partial charge in [0, 0.05) is 18.2 Å². The van der Waals surface area contributed by atoms with Crippen LogP contribution in [0, 0.1) is 12.7 Å². The minimum Gasteiger partial charge on any atom is -0.385 e. The number of hydrogen-bond donors (Lipinski definition) is 1. The molecule has 1 N–H and O–H groups in total. The monoisotopic (exact) mass is 241 g/mol. The highest BCUT2D eigenvalue weighted by atomic mass is 19.1. The lowest BCUT2D eigenvalue weighted by Crippen LogP contribution is -2.19. The van der Waals surface area contributed by atoms with Gasteiger partial charge in [-0.25, -0.2) is 4.39 Å².